The standard InChI is InChI=1S/C24H29N5O2/c1-3-20(17-9-10-18(14-25)26-15-17)27-23(30)19-13-22(29-11-5-4-8-21(19)29)24(31)28-12-6-7-16(28)2/h9-10,13,15-16,20H,3-8,11-12H2,1-2H3,(H,27,30). The Labute approximate surface area is 183 Å². The third kappa shape index (κ3) is 4.07. The van der Waals surface area contributed by atoms with Gasteiger partial charge in [-0.15, -0.1) is 0 Å². The summed E-state index contributed by atoms with van der Waals surface area (Å²) in [4.78, 5) is 32.6. The van der Waals surface area contributed by atoms with Gasteiger partial charge in [-0.25, -0.2) is 4.98 Å². The summed E-state index contributed by atoms with van der Waals surface area (Å²) in [5.74, 6) is -0.120. The average molecular weight is 420 g/mol. The molecule has 2 aliphatic rings. The first-order valence-corrected chi connectivity index (χ1v) is 11.2. The number of carbonyl (C=O) groups excluding carboxylic acids is 2. The van der Waals surface area contributed by atoms with Crippen LogP contribution in [0.2, 0.25) is 0 Å². The van der Waals surface area contributed by atoms with Gasteiger partial charge in [0, 0.05) is 31.0 Å². The highest BCUT2D eigenvalue weighted by molar-refractivity contribution is 6.01. The van der Waals surface area contributed by atoms with Crippen LogP contribution in [-0.4, -0.2) is 38.9 Å². The molecule has 7 heteroatoms. The van der Waals surface area contributed by atoms with Crippen molar-refractivity contribution in [3.63, 3.8) is 0 Å². The third-order valence-corrected chi connectivity index (χ3v) is 6.55. The summed E-state index contributed by atoms with van der Waals surface area (Å²) in [7, 11) is 0. The first-order chi connectivity index (χ1) is 15.0. The lowest BCUT2D eigenvalue weighted by Crippen LogP contribution is -2.35. The Morgan fingerprint density at radius 3 is 2.77 bits per heavy atom. The first-order valence-electron chi connectivity index (χ1n) is 11.2. The summed E-state index contributed by atoms with van der Waals surface area (Å²) in [6, 6.07) is 7.35. The Hall–Kier alpha value is -3.14. The van der Waals surface area contributed by atoms with Crippen LogP contribution in [0.4, 0.5) is 0 Å². The van der Waals surface area contributed by atoms with Crippen molar-refractivity contribution < 1.29 is 9.59 Å². The summed E-state index contributed by atoms with van der Waals surface area (Å²) in [6.45, 7) is 5.66. The molecule has 31 heavy (non-hydrogen) atoms. The number of likely N-dealkylation sites (tertiary alicyclic amines) is 1. The second-order valence-corrected chi connectivity index (χ2v) is 8.51. The number of nitriles is 1. The Bertz CT molecular complexity index is 1020. The van der Waals surface area contributed by atoms with Crippen molar-refractivity contribution in [1.29, 1.82) is 5.26 Å². The predicted octanol–water partition coefficient (Wildman–Crippen LogP) is 3.60. The van der Waals surface area contributed by atoms with Crippen LogP contribution >= 0.6 is 0 Å². The van der Waals surface area contributed by atoms with E-state index < -0.39 is 0 Å². The van der Waals surface area contributed by atoms with Crippen LogP contribution < -0.4 is 5.32 Å². The Kier molecular flexibility index (Phi) is 6.08. The van der Waals surface area contributed by atoms with Gasteiger partial charge < -0.3 is 14.8 Å². The van der Waals surface area contributed by atoms with Gasteiger partial charge in [-0.1, -0.05) is 13.0 Å². The summed E-state index contributed by atoms with van der Waals surface area (Å²) in [5, 5.41) is 12.1. The molecule has 2 unspecified atom stereocenters. The van der Waals surface area contributed by atoms with Crippen molar-refractivity contribution in [2.45, 2.75) is 71.0 Å². The van der Waals surface area contributed by atoms with Crippen LogP contribution in [0.15, 0.2) is 24.4 Å². The maximum atomic E-state index is 13.3. The van der Waals surface area contributed by atoms with Crippen molar-refractivity contribution in [3.8, 4) is 6.07 Å². The van der Waals surface area contributed by atoms with Crippen LogP contribution in [-0.2, 0) is 13.0 Å². The van der Waals surface area contributed by atoms with E-state index >= 15 is 0 Å². The van der Waals surface area contributed by atoms with E-state index in [1.54, 1.807) is 18.3 Å². The fourth-order valence-electron chi connectivity index (χ4n) is 4.77. The lowest BCUT2D eigenvalue weighted by Gasteiger charge is -2.24. The van der Waals surface area contributed by atoms with Crippen molar-refractivity contribution in [1.82, 2.24) is 19.8 Å². The topological polar surface area (TPSA) is 91.0 Å². The molecule has 0 bridgehead atoms. The van der Waals surface area contributed by atoms with Crippen LogP contribution in [0, 0.1) is 11.3 Å². The maximum absolute atomic E-state index is 13.3. The van der Waals surface area contributed by atoms with Gasteiger partial charge in [-0.2, -0.15) is 5.26 Å². The molecule has 0 aromatic carbocycles. The molecule has 7 nitrogen and oxygen atoms in total. The SMILES string of the molecule is CCC(NC(=O)c1cc(C(=O)N2CCCC2C)n2c1CCCC2)c1ccc(C#N)nc1. The molecule has 0 saturated carbocycles. The highest BCUT2D eigenvalue weighted by Crippen LogP contribution is 2.28. The van der Waals surface area contributed by atoms with E-state index in [0.29, 0.717) is 23.4 Å². The molecule has 4 rings (SSSR count). The molecule has 2 amide bonds. The van der Waals surface area contributed by atoms with Gasteiger partial charge in [0.1, 0.15) is 17.5 Å². The van der Waals surface area contributed by atoms with Gasteiger partial charge in [-0.3, -0.25) is 9.59 Å². The smallest absolute Gasteiger partial charge is 0.270 e. The van der Waals surface area contributed by atoms with E-state index in [0.717, 1.165) is 56.5 Å². The van der Waals surface area contributed by atoms with Crippen LogP contribution in [0.25, 0.3) is 0 Å². The Balaban J connectivity index is 1.60. The highest BCUT2D eigenvalue weighted by Gasteiger charge is 2.32. The zero-order chi connectivity index (χ0) is 22.0. The second-order valence-electron chi connectivity index (χ2n) is 8.51. The van der Waals surface area contributed by atoms with Crippen molar-refractivity contribution in [3.05, 3.63) is 52.6 Å². The number of amides is 2. The van der Waals surface area contributed by atoms with Gasteiger partial charge >= 0.3 is 0 Å². The number of fused-ring (bicyclic) bond motifs is 1. The molecule has 1 N–H and O–H groups in total. The van der Waals surface area contributed by atoms with Crippen molar-refractivity contribution in [2.75, 3.05) is 6.54 Å². The lowest BCUT2D eigenvalue weighted by molar-refractivity contribution is 0.0735. The summed E-state index contributed by atoms with van der Waals surface area (Å²) < 4.78 is 2.07. The highest BCUT2D eigenvalue weighted by atomic mass is 16.2. The Morgan fingerprint density at radius 1 is 1.29 bits per heavy atom. The zero-order valence-electron chi connectivity index (χ0n) is 18.2. The zero-order valence-corrected chi connectivity index (χ0v) is 18.2. The number of nitrogens with zero attached hydrogens (tertiary/aromatic N) is 4. The van der Waals surface area contributed by atoms with Crippen molar-refractivity contribution >= 4 is 11.8 Å². The van der Waals surface area contributed by atoms with Crippen LogP contribution in [0.1, 0.15) is 89.8 Å². The minimum absolute atomic E-state index is 0.0375. The number of pyridine rings is 1. The number of nitrogens with one attached hydrogen (secondary N) is 1. The minimum atomic E-state index is -0.204. The largest absolute Gasteiger partial charge is 0.345 e. The van der Waals surface area contributed by atoms with E-state index in [1.165, 1.54) is 0 Å². The minimum Gasteiger partial charge on any atom is -0.345 e. The fraction of sp³-hybridized carbons (Fsp3) is 0.500. The van der Waals surface area contributed by atoms with Gasteiger partial charge in [0.25, 0.3) is 11.8 Å². The number of carbonyl (C=O) groups is 2. The van der Waals surface area contributed by atoms with E-state index in [4.69, 9.17) is 5.26 Å². The molecule has 2 aliphatic heterocycles. The fourth-order valence-corrected chi connectivity index (χ4v) is 4.77. The lowest BCUT2D eigenvalue weighted by atomic mass is 10.0. The number of aromatic nitrogens is 2. The Morgan fingerprint density at radius 2 is 2.13 bits per heavy atom. The van der Waals surface area contributed by atoms with E-state index in [2.05, 4.69) is 21.8 Å². The number of hydrogen-bond donors (Lipinski definition) is 1. The van der Waals surface area contributed by atoms with Crippen LogP contribution in [0.5, 0.6) is 0 Å². The third-order valence-electron chi connectivity index (χ3n) is 6.55. The molecule has 1 fully saturated rings. The molecule has 0 radical (unpaired) electrons. The van der Waals surface area contributed by atoms with Gasteiger partial charge in [0.15, 0.2) is 0 Å². The summed E-state index contributed by atoms with van der Waals surface area (Å²) in [5.41, 5.74) is 3.43. The first kappa shape index (κ1) is 21.1. The maximum Gasteiger partial charge on any atom is 0.270 e. The van der Waals surface area contributed by atoms with Gasteiger partial charge in [-0.05, 0) is 63.1 Å². The molecule has 4 heterocycles. The van der Waals surface area contributed by atoms with E-state index in [1.807, 2.05) is 24.0 Å². The molecule has 162 valence electrons. The van der Waals surface area contributed by atoms with Crippen LogP contribution in [0.3, 0.4) is 0 Å². The average Bonchev–Trinajstić information content (AvgIpc) is 3.41. The monoisotopic (exact) mass is 419 g/mol. The van der Waals surface area contributed by atoms with E-state index in [-0.39, 0.29) is 23.9 Å². The summed E-state index contributed by atoms with van der Waals surface area (Å²) >= 11 is 0. The molecule has 2 atom stereocenters. The second kappa shape index (κ2) is 8.93. The molecule has 1 saturated heterocycles. The molecular formula is C24H29N5O2. The normalized spacial score (nSPS) is 18.9. The number of hydrogen-bond acceptors (Lipinski definition) is 4. The van der Waals surface area contributed by atoms with E-state index in [9.17, 15) is 9.59 Å². The molecular weight excluding hydrogens is 390 g/mol. The predicted molar refractivity (Wildman–Crippen MR) is 117 cm³/mol. The quantitative estimate of drug-likeness (QED) is 0.802. The molecule has 2 aromatic heterocycles. The molecule has 0 aliphatic carbocycles. The van der Waals surface area contributed by atoms with Gasteiger partial charge in [0.2, 0.25) is 0 Å². The van der Waals surface area contributed by atoms with Gasteiger partial charge in [0.05, 0.1) is 11.6 Å². The molecule has 2 aromatic rings. The molecule has 0 spiro atoms. The van der Waals surface area contributed by atoms with Crippen molar-refractivity contribution in [2.24, 2.45) is 0 Å². The number of rotatable bonds is 5. The summed E-state index contributed by atoms with van der Waals surface area (Å²) in [6.07, 6.45) is 7.26.